The molecule has 0 unspecified atom stereocenters. The summed E-state index contributed by atoms with van der Waals surface area (Å²) in [6.45, 7) is 3.73. The molecule has 0 saturated carbocycles. The first-order chi connectivity index (χ1) is 9.91. The summed E-state index contributed by atoms with van der Waals surface area (Å²) in [4.78, 5) is 0. The van der Waals surface area contributed by atoms with Gasteiger partial charge in [-0.2, -0.15) is 0 Å². The minimum Gasteiger partial charge on any atom is -0.759 e. The molecule has 0 heterocycles. The number of aliphatic hydroxyl groups is 1. The van der Waals surface area contributed by atoms with E-state index in [2.05, 4.69) is 6.92 Å². The van der Waals surface area contributed by atoms with Gasteiger partial charge in [0.15, 0.2) is 0 Å². The fourth-order valence-corrected chi connectivity index (χ4v) is 1.86. The van der Waals surface area contributed by atoms with Gasteiger partial charge in [-0.05, 0) is 6.42 Å². The standard InChI is InChI=1S/C14H30O2.2K.H2O4S/c1-2-3-4-5-6-7-8-9-10-11-13-16-14-12-15;;;1-5(2,3)4/h15H,2-14H2,1H3;;;(H2,1,2,3,4)/q;2*+1;/p-2. The minimum absolute atomic E-state index is 0. The van der Waals surface area contributed by atoms with Crippen LogP contribution in [0, 0.1) is 0 Å². The Hall–Kier alpha value is 3.06. The smallest absolute Gasteiger partial charge is 0.759 e. The van der Waals surface area contributed by atoms with Crippen molar-refractivity contribution < 1.29 is 130 Å². The number of unbranched alkanes of at least 4 members (excludes halogenated alkanes) is 9. The summed E-state index contributed by atoms with van der Waals surface area (Å²) >= 11 is 0. The maximum absolute atomic E-state index is 8.52. The fourth-order valence-electron chi connectivity index (χ4n) is 1.86. The van der Waals surface area contributed by atoms with E-state index in [1.807, 2.05) is 0 Å². The summed E-state index contributed by atoms with van der Waals surface area (Å²) < 4.78 is 39.3. The third kappa shape index (κ3) is 51.7. The van der Waals surface area contributed by atoms with E-state index in [0.717, 1.165) is 13.0 Å². The van der Waals surface area contributed by atoms with Crippen molar-refractivity contribution in [2.24, 2.45) is 0 Å². The fraction of sp³-hybridized carbons (Fsp3) is 1.00. The van der Waals surface area contributed by atoms with Crippen LogP contribution in [0.4, 0.5) is 0 Å². The molecule has 130 valence electrons. The van der Waals surface area contributed by atoms with Gasteiger partial charge in [-0.3, -0.25) is 8.42 Å². The van der Waals surface area contributed by atoms with Gasteiger partial charge in [0.1, 0.15) is 0 Å². The van der Waals surface area contributed by atoms with Crippen LogP contribution in [0.1, 0.15) is 71.1 Å². The Morgan fingerprint density at radius 3 is 1.48 bits per heavy atom. The van der Waals surface area contributed by atoms with Crippen molar-refractivity contribution in [3.63, 3.8) is 0 Å². The van der Waals surface area contributed by atoms with Gasteiger partial charge >= 0.3 is 103 Å². The molecule has 0 aliphatic rings. The summed E-state index contributed by atoms with van der Waals surface area (Å²) in [6.07, 6.45) is 13.6. The van der Waals surface area contributed by atoms with Gasteiger partial charge in [-0.15, -0.1) is 0 Å². The molecule has 0 rings (SSSR count). The first kappa shape index (κ1) is 33.6. The number of hydrogen-bond donors (Lipinski definition) is 1. The Kier molecular flexibility index (Phi) is 39.9. The second kappa shape index (κ2) is 27.3. The topological polar surface area (TPSA) is 110 Å². The van der Waals surface area contributed by atoms with Gasteiger partial charge in [0.2, 0.25) is 0 Å². The van der Waals surface area contributed by atoms with Gasteiger partial charge in [0, 0.05) is 17.0 Å². The number of rotatable bonds is 13. The summed E-state index contributed by atoms with van der Waals surface area (Å²) in [5, 5.41) is 8.50. The monoisotopic (exact) mass is 404 g/mol. The van der Waals surface area contributed by atoms with Gasteiger partial charge in [-0.25, -0.2) is 0 Å². The Morgan fingerprint density at radius 1 is 0.783 bits per heavy atom. The van der Waals surface area contributed by atoms with E-state index in [0.29, 0.717) is 6.61 Å². The molecule has 0 aromatic heterocycles. The summed E-state index contributed by atoms with van der Waals surface area (Å²) in [5.41, 5.74) is 0. The van der Waals surface area contributed by atoms with Crippen molar-refractivity contribution in [2.75, 3.05) is 19.8 Å². The van der Waals surface area contributed by atoms with E-state index in [4.69, 9.17) is 27.4 Å². The van der Waals surface area contributed by atoms with Gasteiger partial charge in [0.05, 0.1) is 13.2 Å². The van der Waals surface area contributed by atoms with E-state index in [1.54, 1.807) is 0 Å². The van der Waals surface area contributed by atoms with Crippen LogP contribution >= 0.6 is 0 Å². The Bertz CT molecular complexity index is 267. The third-order valence-corrected chi connectivity index (χ3v) is 2.88. The number of hydrogen-bond acceptors (Lipinski definition) is 6. The first-order valence-corrected chi connectivity index (χ1v) is 9.10. The zero-order valence-corrected chi connectivity index (χ0v) is 22.2. The molecule has 0 bridgehead atoms. The molecule has 0 aromatic carbocycles. The number of aliphatic hydroxyl groups excluding tert-OH is 1. The van der Waals surface area contributed by atoms with Crippen LogP contribution in [0.2, 0.25) is 0 Å². The molecule has 0 aliphatic carbocycles. The van der Waals surface area contributed by atoms with E-state index < -0.39 is 10.4 Å². The van der Waals surface area contributed by atoms with Crippen molar-refractivity contribution in [3.05, 3.63) is 0 Å². The maximum atomic E-state index is 8.52. The molecule has 0 amide bonds. The van der Waals surface area contributed by atoms with E-state index >= 15 is 0 Å². The molecule has 0 aromatic rings. The van der Waals surface area contributed by atoms with E-state index in [-0.39, 0.29) is 109 Å². The molecule has 6 nitrogen and oxygen atoms in total. The van der Waals surface area contributed by atoms with Crippen molar-refractivity contribution in [2.45, 2.75) is 71.1 Å². The van der Waals surface area contributed by atoms with Crippen LogP contribution in [-0.4, -0.2) is 42.5 Å². The van der Waals surface area contributed by atoms with Crippen molar-refractivity contribution in [1.82, 2.24) is 0 Å². The maximum Gasteiger partial charge on any atom is 1.00 e. The van der Waals surface area contributed by atoms with Crippen LogP contribution in [0.25, 0.3) is 0 Å². The molecule has 0 radical (unpaired) electrons. The molecular formula is C14H30K2O6S. The molecule has 0 atom stereocenters. The Labute approximate surface area is 227 Å². The first-order valence-electron chi connectivity index (χ1n) is 7.77. The van der Waals surface area contributed by atoms with Crippen LogP contribution in [-0.2, 0) is 15.1 Å². The molecule has 9 heteroatoms. The van der Waals surface area contributed by atoms with Crippen LogP contribution in [0.5, 0.6) is 0 Å². The van der Waals surface area contributed by atoms with E-state index in [9.17, 15) is 0 Å². The Morgan fingerprint density at radius 2 is 1.13 bits per heavy atom. The SMILES string of the molecule is CCCCCCCCCCCCOCCO.O=S(=O)([O-])[O-].[K+].[K+]. The number of ether oxygens (including phenoxy) is 1. The van der Waals surface area contributed by atoms with Crippen molar-refractivity contribution >= 4 is 10.4 Å². The summed E-state index contributed by atoms with van der Waals surface area (Å²) in [6, 6.07) is 0. The van der Waals surface area contributed by atoms with Crippen LogP contribution in [0.15, 0.2) is 0 Å². The van der Waals surface area contributed by atoms with E-state index in [1.165, 1.54) is 57.8 Å². The zero-order valence-electron chi connectivity index (χ0n) is 15.1. The molecule has 0 spiro atoms. The van der Waals surface area contributed by atoms with Gasteiger partial charge in [0.25, 0.3) is 0 Å². The Balaban J connectivity index is -0.000000225. The minimum atomic E-state index is -5.17. The average Bonchev–Trinajstić information content (AvgIpc) is 2.38. The molecule has 0 fully saturated rings. The second-order valence-corrected chi connectivity index (χ2v) is 5.74. The normalized spacial score (nSPS) is 10.1. The summed E-state index contributed by atoms with van der Waals surface area (Å²) in [5.74, 6) is 0. The largest absolute Gasteiger partial charge is 1.00 e. The quantitative estimate of drug-likeness (QED) is 0.148. The van der Waals surface area contributed by atoms with Gasteiger partial charge in [-0.1, -0.05) is 64.7 Å². The molecule has 0 aliphatic heterocycles. The van der Waals surface area contributed by atoms with Crippen LogP contribution < -0.4 is 103 Å². The predicted octanol–water partition coefficient (Wildman–Crippen LogP) is -3.41. The van der Waals surface area contributed by atoms with Crippen molar-refractivity contribution in [1.29, 1.82) is 0 Å². The van der Waals surface area contributed by atoms with Crippen molar-refractivity contribution in [3.8, 4) is 0 Å². The molecule has 23 heavy (non-hydrogen) atoms. The summed E-state index contributed by atoms with van der Waals surface area (Å²) in [7, 11) is -5.17. The second-order valence-electron chi connectivity index (χ2n) is 4.93. The zero-order chi connectivity index (χ0) is 16.4. The average molecular weight is 405 g/mol. The molecule has 0 saturated heterocycles. The van der Waals surface area contributed by atoms with Gasteiger partial charge < -0.3 is 18.9 Å². The molecular weight excluding hydrogens is 374 g/mol. The molecule has 1 N–H and O–H groups in total. The third-order valence-electron chi connectivity index (χ3n) is 2.88. The predicted molar refractivity (Wildman–Crippen MR) is 80.2 cm³/mol. The van der Waals surface area contributed by atoms with Crippen LogP contribution in [0.3, 0.4) is 0 Å².